The average molecular weight is 243 g/mol. The van der Waals surface area contributed by atoms with Crippen LogP contribution in [0, 0.1) is 0 Å². The summed E-state index contributed by atoms with van der Waals surface area (Å²) >= 11 is 0. The fraction of sp³-hybridized carbons (Fsp3) is 0.357. The number of hydrogen-bond acceptors (Lipinski definition) is 3. The van der Waals surface area contributed by atoms with Gasteiger partial charge in [-0.05, 0) is 38.0 Å². The van der Waals surface area contributed by atoms with Crippen molar-refractivity contribution < 1.29 is 4.79 Å². The SMILES string of the molecule is CCc1cc(CC)n(-c2cc(C(C)=O)ccn2)n1. The van der Waals surface area contributed by atoms with Gasteiger partial charge in [0, 0.05) is 17.5 Å². The summed E-state index contributed by atoms with van der Waals surface area (Å²) in [7, 11) is 0. The minimum absolute atomic E-state index is 0.0413. The molecule has 2 aromatic heterocycles. The minimum atomic E-state index is 0.0413. The summed E-state index contributed by atoms with van der Waals surface area (Å²) in [6.45, 7) is 5.72. The number of aryl methyl sites for hydroxylation is 2. The molecule has 2 rings (SSSR count). The van der Waals surface area contributed by atoms with Crippen molar-refractivity contribution in [2.24, 2.45) is 0 Å². The molecule has 0 spiro atoms. The van der Waals surface area contributed by atoms with Gasteiger partial charge in [-0.25, -0.2) is 9.67 Å². The number of ketones is 1. The molecule has 0 saturated carbocycles. The number of aromatic nitrogens is 3. The zero-order valence-electron chi connectivity index (χ0n) is 11.0. The van der Waals surface area contributed by atoms with Crippen LogP contribution in [0.2, 0.25) is 0 Å². The van der Waals surface area contributed by atoms with Crippen molar-refractivity contribution in [1.29, 1.82) is 0 Å². The van der Waals surface area contributed by atoms with E-state index in [1.165, 1.54) is 0 Å². The van der Waals surface area contributed by atoms with Crippen LogP contribution in [-0.4, -0.2) is 20.5 Å². The lowest BCUT2D eigenvalue weighted by Gasteiger charge is -2.05. The Balaban J connectivity index is 2.50. The van der Waals surface area contributed by atoms with Crippen molar-refractivity contribution in [3.63, 3.8) is 0 Å². The molecule has 0 amide bonds. The topological polar surface area (TPSA) is 47.8 Å². The first-order chi connectivity index (χ1) is 8.65. The van der Waals surface area contributed by atoms with Crippen LogP contribution < -0.4 is 0 Å². The number of pyridine rings is 1. The molecule has 0 atom stereocenters. The molecule has 94 valence electrons. The Hall–Kier alpha value is -1.97. The van der Waals surface area contributed by atoms with Crippen LogP contribution in [0.3, 0.4) is 0 Å². The largest absolute Gasteiger partial charge is 0.295 e. The van der Waals surface area contributed by atoms with Gasteiger partial charge in [-0.1, -0.05) is 13.8 Å². The summed E-state index contributed by atoms with van der Waals surface area (Å²) < 4.78 is 1.82. The Morgan fingerprint density at radius 3 is 2.67 bits per heavy atom. The van der Waals surface area contributed by atoms with Gasteiger partial charge in [-0.3, -0.25) is 4.79 Å². The molecule has 4 heteroatoms. The summed E-state index contributed by atoms with van der Waals surface area (Å²) in [5, 5.41) is 4.51. The van der Waals surface area contributed by atoms with E-state index in [-0.39, 0.29) is 5.78 Å². The van der Waals surface area contributed by atoms with Crippen molar-refractivity contribution in [1.82, 2.24) is 14.8 Å². The number of carbonyl (C=O) groups is 1. The zero-order valence-corrected chi connectivity index (χ0v) is 11.0. The first-order valence-corrected chi connectivity index (χ1v) is 6.20. The minimum Gasteiger partial charge on any atom is -0.295 e. The van der Waals surface area contributed by atoms with E-state index in [9.17, 15) is 4.79 Å². The van der Waals surface area contributed by atoms with Crippen molar-refractivity contribution in [3.8, 4) is 5.82 Å². The highest BCUT2D eigenvalue weighted by Crippen LogP contribution is 2.13. The molecule has 0 aliphatic carbocycles. The van der Waals surface area contributed by atoms with Crippen LogP contribution >= 0.6 is 0 Å². The molecule has 0 radical (unpaired) electrons. The number of Topliss-reactive ketones (excluding diaryl/α,β-unsaturated/α-hetero) is 1. The van der Waals surface area contributed by atoms with Gasteiger partial charge in [-0.2, -0.15) is 5.10 Å². The summed E-state index contributed by atoms with van der Waals surface area (Å²) in [6.07, 6.45) is 3.43. The van der Waals surface area contributed by atoms with Gasteiger partial charge in [0.1, 0.15) is 0 Å². The van der Waals surface area contributed by atoms with Gasteiger partial charge in [-0.15, -0.1) is 0 Å². The summed E-state index contributed by atoms with van der Waals surface area (Å²) in [5.41, 5.74) is 2.82. The van der Waals surface area contributed by atoms with Gasteiger partial charge in [0.25, 0.3) is 0 Å². The first-order valence-electron chi connectivity index (χ1n) is 6.20. The van der Waals surface area contributed by atoms with E-state index in [0.717, 1.165) is 24.2 Å². The lowest BCUT2D eigenvalue weighted by atomic mass is 10.2. The van der Waals surface area contributed by atoms with Crippen molar-refractivity contribution in [2.45, 2.75) is 33.6 Å². The molecular weight excluding hydrogens is 226 g/mol. The Labute approximate surface area is 107 Å². The van der Waals surface area contributed by atoms with E-state index in [0.29, 0.717) is 11.4 Å². The predicted octanol–water partition coefficient (Wildman–Crippen LogP) is 2.59. The second-order valence-electron chi connectivity index (χ2n) is 4.20. The predicted molar refractivity (Wildman–Crippen MR) is 70.1 cm³/mol. The van der Waals surface area contributed by atoms with Crippen molar-refractivity contribution in [2.75, 3.05) is 0 Å². The van der Waals surface area contributed by atoms with Crippen LogP contribution in [0.5, 0.6) is 0 Å². The normalized spacial score (nSPS) is 10.6. The Morgan fingerprint density at radius 1 is 1.28 bits per heavy atom. The molecule has 18 heavy (non-hydrogen) atoms. The molecule has 2 aromatic rings. The highest BCUT2D eigenvalue weighted by atomic mass is 16.1. The fourth-order valence-corrected chi connectivity index (χ4v) is 1.85. The van der Waals surface area contributed by atoms with Gasteiger partial charge in [0.2, 0.25) is 0 Å². The maximum Gasteiger partial charge on any atom is 0.159 e. The van der Waals surface area contributed by atoms with Gasteiger partial charge in [0.15, 0.2) is 11.6 Å². The Kier molecular flexibility index (Phi) is 3.55. The first kappa shape index (κ1) is 12.5. The average Bonchev–Trinajstić information content (AvgIpc) is 2.82. The third-order valence-corrected chi connectivity index (χ3v) is 2.93. The lowest BCUT2D eigenvalue weighted by molar-refractivity contribution is 0.101. The van der Waals surface area contributed by atoms with E-state index in [4.69, 9.17) is 0 Å². The van der Waals surface area contributed by atoms with Crippen LogP contribution in [0.1, 0.15) is 42.5 Å². The highest BCUT2D eigenvalue weighted by molar-refractivity contribution is 5.94. The monoisotopic (exact) mass is 243 g/mol. The highest BCUT2D eigenvalue weighted by Gasteiger charge is 2.09. The van der Waals surface area contributed by atoms with E-state index in [1.54, 1.807) is 25.3 Å². The molecule has 0 bridgehead atoms. The Bertz CT molecular complexity index is 572. The number of rotatable bonds is 4. The van der Waals surface area contributed by atoms with Crippen molar-refractivity contribution in [3.05, 3.63) is 41.3 Å². The maximum absolute atomic E-state index is 11.4. The summed E-state index contributed by atoms with van der Waals surface area (Å²) in [4.78, 5) is 15.7. The van der Waals surface area contributed by atoms with Crippen LogP contribution in [0.4, 0.5) is 0 Å². The third kappa shape index (κ3) is 2.32. The summed E-state index contributed by atoms with van der Waals surface area (Å²) in [6, 6.07) is 5.59. The second kappa shape index (κ2) is 5.12. The van der Waals surface area contributed by atoms with E-state index >= 15 is 0 Å². The number of hydrogen-bond donors (Lipinski definition) is 0. The molecule has 0 fully saturated rings. The van der Waals surface area contributed by atoms with Gasteiger partial charge < -0.3 is 0 Å². The quantitative estimate of drug-likeness (QED) is 0.775. The lowest BCUT2D eigenvalue weighted by Crippen LogP contribution is -2.05. The standard InChI is InChI=1S/C14H17N3O/c1-4-12-9-13(5-2)17(16-12)14-8-11(10(3)18)6-7-15-14/h6-9H,4-5H2,1-3H3. The Morgan fingerprint density at radius 2 is 2.06 bits per heavy atom. The molecule has 0 aromatic carbocycles. The molecule has 0 saturated heterocycles. The molecular formula is C14H17N3O. The molecule has 0 aliphatic rings. The fourth-order valence-electron chi connectivity index (χ4n) is 1.85. The van der Waals surface area contributed by atoms with Crippen LogP contribution in [0.25, 0.3) is 5.82 Å². The van der Waals surface area contributed by atoms with E-state index in [2.05, 4.69) is 30.0 Å². The molecule has 4 nitrogen and oxygen atoms in total. The number of carbonyl (C=O) groups excluding carboxylic acids is 1. The smallest absolute Gasteiger partial charge is 0.159 e. The molecule has 0 aliphatic heterocycles. The summed E-state index contributed by atoms with van der Waals surface area (Å²) in [5.74, 6) is 0.749. The molecule has 2 heterocycles. The van der Waals surface area contributed by atoms with Crippen LogP contribution in [-0.2, 0) is 12.8 Å². The van der Waals surface area contributed by atoms with E-state index in [1.807, 2.05) is 4.68 Å². The second-order valence-corrected chi connectivity index (χ2v) is 4.20. The maximum atomic E-state index is 11.4. The van der Waals surface area contributed by atoms with Gasteiger partial charge in [0.05, 0.1) is 5.69 Å². The van der Waals surface area contributed by atoms with Gasteiger partial charge >= 0.3 is 0 Å². The molecule has 0 N–H and O–H groups in total. The number of nitrogens with zero attached hydrogens (tertiary/aromatic N) is 3. The third-order valence-electron chi connectivity index (χ3n) is 2.93. The van der Waals surface area contributed by atoms with Crippen molar-refractivity contribution >= 4 is 5.78 Å². The zero-order chi connectivity index (χ0) is 13.1. The van der Waals surface area contributed by atoms with E-state index < -0.39 is 0 Å². The molecule has 0 unspecified atom stereocenters. The van der Waals surface area contributed by atoms with Crippen LogP contribution in [0.15, 0.2) is 24.4 Å².